The molecular formula is C14H27CuN2O. The zero-order valence-electron chi connectivity index (χ0n) is 11.8. The Labute approximate surface area is 122 Å². The number of nitrogens with one attached hydrogen (secondary N) is 1. The average molecular weight is 303 g/mol. The molecule has 4 heteroatoms. The standard InChI is InChI=1S/C14H27N2O.Cu/c1-4-5-9-17-12-8-6-7-11-10(2)16-14(15-3)13(11)12;/h10-15H,4-9H2,1-3H3;/q-1;+1. The van der Waals surface area contributed by atoms with E-state index < -0.39 is 0 Å². The molecule has 18 heavy (non-hydrogen) atoms. The number of hydrogen-bond acceptors (Lipinski definition) is 2. The van der Waals surface area contributed by atoms with Crippen molar-refractivity contribution >= 4 is 0 Å². The predicted molar refractivity (Wildman–Crippen MR) is 71.1 cm³/mol. The molecule has 0 aromatic rings. The van der Waals surface area contributed by atoms with Gasteiger partial charge in [0.2, 0.25) is 0 Å². The summed E-state index contributed by atoms with van der Waals surface area (Å²) in [6.07, 6.45) is 7.04. The molecule has 1 heterocycles. The quantitative estimate of drug-likeness (QED) is 0.626. The van der Waals surface area contributed by atoms with Crippen LogP contribution in [-0.4, -0.2) is 32.0 Å². The normalized spacial score (nSPS) is 39.2. The molecule has 0 aromatic heterocycles. The predicted octanol–water partition coefficient (Wildman–Crippen LogP) is 2.91. The smallest absolute Gasteiger partial charge is 0.644 e. The Morgan fingerprint density at radius 2 is 2.11 bits per heavy atom. The molecule has 0 spiro atoms. The van der Waals surface area contributed by atoms with E-state index >= 15 is 0 Å². The van der Waals surface area contributed by atoms with E-state index in [2.05, 4.69) is 19.2 Å². The Bertz CT molecular complexity index is 240. The molecule has 2 rings (SSSR count). The Morgan fingerprint density at radius 3 is 2.78 bits per heavy atom. The first-order valence-electron chi connectivity index (χ1n) is 7.26. The summed E-state index contributed by atoms with van der Waals surface area (Å²) in [5.74, 6) is 1.36. The van der Waals surface area contributed by atoms with Crippen molar-refractivity contribution in [2.24, 2.45) is 11.8 Å². The minimum atomic E-state index is 0. The van der Waals surface area contributed by atoms with Crippen LogP contribution in [0.3, 0.4) is 0 Å². The Kier molecular flexibility index (Phi) is 7.19. The van der Waals surface area contributed by atoms with Gasteiger partial charge in [0.05, 0.1) is 6.10 Å². The van der Waals surface area contributed by atoms with Gasteiger partial charge in [0.25, 0.3) is 0 Å². The first kappa shape index (κ1) is 16.5. The molecule has 0 bridgehead atoms. The van der Waals surface area contributed by atoms with Crippen LogP contribution in [0.5, 0.6) is 0 Å². The van der Waals surface area contributed by atoms with Crippen molar-refractivity contribution in [3.8, 4) is 0 Å². The van der Waals surface area contributed by atoms with Crippen LogP contribution in [0.25, 0.3) is 5.32 Å². The van der Waals surface area contributed by atoms with Gasteiger partial charge >= 0.3 is 17.1 Å². The second kappa shape index (κ2) is 7.86. The molecule has 5 atom stereocenters. The molecule has 5 unspecified atom stereocenters. The van der Waals surface area contributed by atoms with Gasteiger partial charge < -0.3 is 15.4 Å². The molecule has 1 aliphatic carbocycles. The van der Waals surface area contributed by atoms with Crippen LogP contribution in [0.2, 0.25) is 0 Å². The summed E-state index contributed by atoms with van der Waals surface area (Å²) in [4.78, 5) is 0. The molecule has 2 fully saturated rings. The van der Waals surface area contributed by atoms with Gasteiger partial charge in [0.15, 0.2) is 0 Å². The molecule has 110 valence electrons. The van der Waals surface area contributed by atoms with Gasteiger partial charge in [0, 0.05) is 6.61 Å². The first-order chi connectivity index (χ1) is 8.27. The number of fused-ring (bicyclic) bond motifs is 1. The summed E-state index contributed by atoms with van der Waals surface area (Å²) < 4.78 is 6.12. The maximum atomic E-state index is 6.12. The SMILES string of the molecule is CCCCOC1CCCC2C(C)[N-]C(NC)C12.[Cu+]. The van der Waals surface area contributed by atoms with Crippen molar-refractivity contribution in [2.75, 3.05) is 13.7 Å². The van der Waals surface area contributed by atoms with Gasteiger partial charge in [-0.3, -0.25) is 0 Å². The van der Waals surface area contributed by atoms with E-state index in [0.29, 0.717) is 24.2 Å². The topological polar surface area (TPSA) is 35.4 Å². The van der Waals surface area contributed by atoms with Crippen molar-refractivity contribution in [3.63, 3.8) is 0 Å². The Balaban J connectivity index is 0.00000162. The van der Waals surface area contributed by atoms with Gasteiger partial charge in [-0.15, -0.1) is 6.04 Å². The second-order valence-corrected chi connectivity index (χ2v) is 5.56. The molecule has 3 nitrogen and oxygen atoms in total. The van der Waals surface area contributed by atoms with Crippen LogP contribution in [0.1, 0.15) is 46.0 Å². The van der Waals surface area contributed by atoms with Crippen molar-refractivity contribution in [2.45, 2.75) is 64.3 Å². The third kappa shape index (κ3) is 3.49. The van der Waals surface area contributed by atoms with E-state index in [1.807, 2.05) is 7.05 Å². The van der Waals surface area contributed by atoms with Crippen LogP contribution in [0, 0.1) is 11.8 Å². The van der Waals surface area contributed by atoms with Crippen LogP contribution in [0.4, 0.5) is 0 Å². The van der Waals surface area contributed by atoms with Gasteiger partial charge in [-0.25, -0.2) is 0 Å². The van der Waals surface area contributed by atoms with E-state index in [0.717, 1.165) is 12.5 Å². The average Bonchev–Trinajstić information content (AvgIpc) is 2.68. The zero-order chi connectivity index (χ0) is 12.3. The Morgan fingerprint density at radius 1 is 1.33 bits per heavy atom. The molecular weight excluding hydrogens is 276 g/mol. The summed E-state index contributed by atoms with van der Waals surface area (Å²) in [5, 5.41) is 8.21. The first-order valence-corrected chi connectivity index (χ1v) is 7.26. The van der Waals surface area contributed by atoms with E-state index in [4.69, 9.17) is 10.1 Å². The number of nitrogens with zero attached hydrogens (tertiary/aromatic N) is 1. The van der Waals surface area contributed by atoms with E-state index in [1.54, 1.807) is 0 Å². The van der Waals surface area contributed by atoms with E-state index in [1.165, 1.54) is 32.1 Å². The van der Waals surface area contributed by atoms with Crippen LogP contribution in [0.15, 0.2) is 0 Å². The van der Waals surface area contributed by atoms with Gasteiger partial charge in [0.1, 0.15) is 0 Å². The second-order valence-electron chi connectivity index (χ2n) is 5.56. The molecule has 1 aliphatic heterocycles. The van der Waals surface area contributed by atoms with Crippen molar-refractivity contribution in [3.05, 3.63) is 5.32 Å². The molecule has 1 saturated carbocycles. The third-order valence-corrected chi connectivity index (χ3v) is 4.46. The summed E-state index contributed by atoms with van der Waals surface area (Å²) in [6, 6.07) is 0.509. The summed E-state index contributed by atoms with van der Waals surface area (Å²) in [5.41, 5.74) is 0. The molecule has 0 amide bonds. The minimum Gasteiger partial charge on any atom is -0.644 e. The van der Waals surface area contributed by atoms with Gasteiger partial charge in [-0.05, 0) is 25.8 Å². The fraction of sp³-hybridized carbons (Fsp3) is 1.00. The molecule has 1 N–H and O–H groups in total. The van der Waals surface area contributed by atoms with E-state index in [-0.39, 0.29) is 17.1 Å². The van der Waals surface area contributed by atoms with E-state index in [9.17, 15) is 0 Å². The number of rotatable bonds is 5. The van der Waals surface area contributed by atoms with Crippen molar-refractivity contribution in [1.82, 2.24) is 5.32 Å². The zero-order valence-corrected chi connectivity index (χ0v) is 12.7. The monoisotopic (exact) mass is 302 g/mol. The number of unbranched alkanes of at least 4 members (excludes halogenated alkanes) is 1. The van der Waals surface area contributed by atoms with Crippen LogP contribution in [-0.2, 0) is 21.8 Å². The molecule has 0 aromatic carbocycles. The summed E-state index contributed by atoms with van der Waals surface area (Å²) in [7, 11) is 2.03. The fourth-order valence-electron chi connectivity index (χ4n) is 3.52. The largest absolute Gasteiger partial charge is 1.00 e. The molecule has 0 radical (unpaired) electrons. The van der Waals surface area contributed by atoms with Crippen LogP contribution >= 0.6 is 0 Å². The minimum absolute atomic E-state index is 0. The van der Waals surface area contributed by atoms with Crippen molar-refractivity contribution < 1.29 is 21.8 Å². The van der Waals surface area contributed by atoms with Gasteiger partial charge in [-0.1, -0.05) is 45.2 Å². The Hall–Kier alpha value is 0.399. The number of ether oxygens (including phenoxy) is 1. The van der Waals surface area contributed by atoms with Gasteiger partial charge in [-0.2, -0.15) is 0 Å². The summed E-state index contributed by atoms with van der Waals surface area (Å²) >= 11 is 0. The number of hydrogen-bond donors (Lipinski definition) is 1. The third-order valence-electron chi connectivity index (χ3n) is 4.46. The summed E-state index contributed by atoms with van der Waals surface area (Å²) in [6.45, 7) is 5.41. The van der Waals surface area contributed by atoms with Crippen molar-refractivity contribution in [1.29, 1.82) is 0 Å². The molecule has 1 saturated heterocycles. The molecule has 2 aliphatic rings. The van der Waals surface area contributed by atoms with Crippen LogP contribution < -0.4 is 5.32 Å². The maximum Gasteiger partial charge on any atom is 1.00 e. The fourth-order valence-corrected chi connectivity index (χ4v) is 3.52. The maximum absolute atomic E-state index is 6.12.